The predicted octanol–water partition coefficient (Wildman–Crippen LogP) is 0.803. The monoisotopic (exact) mass is 332 g/mol. The van der Waals surface area contributed by atoms with Crippen molar-refractivity contribution in [3.05, 3.63) is 40.2 Å². The van der Waals surface area contributed by atoms with E-state index in [0.29, 0.717) is 16.8 Å². The number of nitrogens with one attached hydrogen (secondary N) is 1. The molecule has 2 aromatic rings. The first-order valence-corrected chi connectivity index (χ1v) is 7.32. The largest absolute Gasteiger partial charge is 0.469 e. The maximum atomic E-state index is 12.2. The number of methoxy groups -OCH3 is 1. The summed E-state index contributed by atoms with van der Waals surface area (Å²) >= 11 is 0. The van der Waals surface area contributed by atoms with Crippen LogP contribution in [0.1, 0.15) is 25.3 Å². The molecular formula is C16H20N4O4. The molecule has 0 aliphatic rings. The molecule has 128 valence electrons. The summed E-state index contributed by atoms with van der Waals surface area (Å²) in [6, 6.07) is 6.84. The molecule has 1 heterocycles. The number of nitrogens with zero attached hydrogens (tertiary/aromatic N) is 1. The highest BCUT2D eigenvalue weighted by Crippen LogP contribution is 2.22. The molecule has 24 heavy (non-hydrogen) atoms. The zero-order chi connectivity index (χ0) is 17.9. The lowest BCUT2D eigenvalue weighted by molar-refractivity contribution is -0.142. The SMILES string of the molecule is COC(=O)C(C)c1cc2ccc(OC(C)N=C(N)N)cc2[nH]c1=O. The Morgan fingerprint density at radius 1 is 1.25 bits per heavy atom. The van der Waals surface area contributed by atoms with Gasteiger partial charge in [-0.25, -0.2) is 4.99 Å². The van der Waals surface area contributed by atoms with E-state index in [0.717, 1.165) is 5.39 Å². The van der Waals surface area contributed by atoms with Crippen molar-refractivity contribution in [3.63, 3.8) is 0 Å². The first kappa shape index (κ1) is 17.3. The maximum absolute atomic E-state index is 12.2. The summed E-state index contributed by atoms with van der Waals surface area (Å²) in [7, 11) is 1.29. The van der Waals surface area contributed by atoms with Crippen LogP contribution >= 0.6 is 0 Å². The van der Waals surface area contributed by atoms with Crippen molar-refractivity contribution in [2.45, 2.75) is 26.0 Å². The Kier molecular flexibility index (Phi) is 5.08. The lowest BCUT2D eigenvalue weighted by Gasteiger charge is -2.12. The zero-order valence-electron chi connectivity index (χ0n) is 13.7. The van der Waals surface area contributed by atoms with Gasteiger partial charge in [0.2, 0.25) is 0 Å². The average Bonchev–Trinajstić information content (AvgIpc) is 2.51. The third kappa shape index (κ3) is 3.83. The minimum Gasteiger partial charge on any atom is -0.469 e. The molecule has 1 aromatic heterocycles. The Labute approximate surface area is 138 Å². The van der Waals surface area contributed by atoms with E-state index in [-0.39, 0.29) is 11.5 Å². The summed E-state index contributed by atoms with van der Waals surface area (Å²) in [5.41, 5.74) is 11.2. The number of carbonyl (C=O) groups is 1. The molecule has 5 N–H and O–H groups in total. The Morgan fingerprint density at radius 2 is 1.96 bits per heavy atom. The van der Waals surface area contributed by atoms with Gasteiger partial charge in [0.15, 0.2) is 12.2 Å². The van der Waals surface area contributed by atoms with Gasteiger partial charge in [0.05, 0.1) is 18.5 Å². The van der Waals surface area contributed by atoms with Gasteiger partial charge in [-0.3, -0.25) is 9.59 Å². The molecule has 2 atom stereocenters. The van der Waals surface area contributed by atoms with Gasteiger partial charge in [0.25, 0.3) is 5.56 Å². The van der Waals surface area contributed by atoms with Crippen molar-refractivity contribution in [1.82, 2.24) is 4.98 Å². The molecule has 0 amide bonds. The van der Waals surface area contributed by atoms with Gasteiger partial charge in [-0.05, 0) is 37.4 Å². The lowest BCUT2D eigenvalue weighted by atomic mass is 10.0. The minimum absolute atomic E-state index is 0.0712. The number of hydrogen-bond donors (Lipinski definition) is 3. The Bertz CT molecular complexity index is 840. The van der Waals surface area contributed by atoms with Crippen molar-refractivity contribution >= 4 is 22.8 Å². The summed E-state index contributed by atoms with van der Waals surface area (Å²) in [6.45, 7) is 3.31. The van der Waals surface area contributed by atoms with Crippen molar-refractivity contribution in [3.8, 4) is 5.75 Å². The summed E-state index contributed by atoms with van der Waals surface area (Å²) < 4.78 is 10.2. The smallest absolute Gasteiger partial charge is 0.313 e. The standard InChI is InChI=1S/C16H20N4O4/c1-8(15(22)23-3)12-6-10-4-5-11(7-13(10)20-14(12)21)24-9(2)19-16(17)18/h4-9H,1-3H3,(H,20,21)(H4,17,18,19). The summed E-state index contributed by atoms with van der Waals surface area (Å²) in [6.07, 6.45) is -0.558. The van der Waals surface area contributed by atoms with Gasteiger partial charge in [-0.15, -0.1) is 0 Å². The van der Waals surface area contributed by atoms with E-state index >= 15 is 0 Å². The number of aromatic amines is 1. The van der Waals surface area contributed by atoms with E-state index in [9.17, 15) is 9.59 Å². The van der Waals surface area contributed by atoms with Crippen molar-refractivity contribution < 1.29 is 14.3 Å². The number of benzene rings is 1. The zero-order valence-corrected chi connectivity index (χ0v) is 13.7. The molecular weight excluding hydrogens is 312 g/mol. The van der Waals surface area contributed by atoms with E-state index in [1.54, 1.807) is 38.1 Å². The first-order chi connectivity index (χ1) is 11.3. The average molecular weight is 332 g/mol. The second-order valence-electron chi connectivity index (χ2n) is 5.32. The number of aromatic nitrogens is 1. The molecule has 2 rings (SSSR count). The van der Waals surface area contributed by atoms with Gasteiger partial charge in [-0.2, -0.15) is 0 Å². The lowest BCUT2D eigenvalue weighted by Crippen LogP contribution is -2.26. The molecule has 8 heteroatoms. The number of esters is 1. The third-order valence-electron chi connectivity index (χ3n) is 3.50. The van der Waals surface area contributed by atoms with Gasteiger partial charge in [0.1, 0.15) is 5.75 Å². The van der Waals surface area contributed by atoms with Crippen LogP contribution in [0.2, 0.25) is 0 Å². The van der Waals surface area contributed by atoms with Crippen LogP contribution in [0.3, 0.4) is 0 Å². The molecule has 8 nitrogen and oxygen atoms in total. The third-order valence-corrected chi connectivity index (χ3v) is 3.50. The molecule has 0 saturated carbocycles. The van der Waals surface area contributed by atoms with Crippen LogP contribution in [0, 0.1) is 0 Å². The molecule has 0 spiro atoms. The Balaban J connectivity index is 2.37. The molecule has 0 fully saturated rings. The molecule has 0 aliphatic heterocycles. The van der Waals surface area contributed by atoms with Gasteiger partial charge in [0, 0.05) is 11.6 Å². The van der Waals surface area contributed by atoms with E-state index in [2.05, 4.69) is 14.7 Å². The fourth-order valence-electron chi connectivity index (χ4n) is 2.33. The summed E-state index contributed by atoms with van der Waals surface area (Å²) in [5.74, 6) is -0.686. The normalized spacial score (nSPS) is 13.1. The number of ether oxygens (including phenoxy) is 2. The van der Waals surface area contributed by atoms with Crippen LogP contribution in [-0.2, 0) is 9.53 Å². The van der Waals surface area contributed by atoms with E-state index in [1.165, 1.54) is 7.11 Å². The minimum atomic E-state index is -0.652. The van der Waals surface area contributed by atoms with Crippen LogP contribution in [0.15, 0.2) is 34.1 Å². The highest BCUT2D eigenvalue weighted by molar-refractivity contribution is 5.83. The number of carbonyl (C=O) groups excluding carboxylic acids is 1. The number of nitrogens with two attached hydrogens (primary N) is 2. The molecule has 0 saturated heterocycles. The fraction of sp³-hybridized carbons (Fsp3) is 0.312. The molecule has 0 aliphatic carbocycles. The molecule has 1 aromatic carbocycles. The summed E-state index contributed by atoms with van der Waals surface area (Å²) in [5, 5.41) is 0.766. The number of hydrogen-bond acceptors (Lipinski definition) is 5. The van der Waals surface area contributed by atoms with Crippen LogP contribution in [-0.4, -0.2) is 30.3 Å². The highest BCUT2D eigenvalue weighted by Gasteiger charge is 2.19. The number of rotatable bonds is 5. The number of fused-ring (bicyclic) bond motifs is 1. The van der Waals surface area contributed by atoms with Crippen LogP contribution in [0.4, 0.5) is 0 Å². The topological polar surface area (TPSA) is 133 Å². The van der Waals surface area contributed by atoms with Crippen LogP contribution < -0.4 is 21.8 Å². The van der Waals surface area contributed by atoms with E-state index in [4.69, 9.17) is 16.2 Å². The van der Waals surface area contributed by atoms with Crippen LogP contribution in [0.25, 0.3) is 10.9 Å². The van der Waals surface area contributed by atoms with E-state index in [1.807, 2.05) is 0 Å². The van der Waals surface area contributed by atoms with Gasteiger partial charge in [-0.1, -0.05) is 0 Å². The molecule has 0 bridgehead atoms. The first-order valence-electron chi connectivity index (χ1n) is 7.32. The molecule has 2 unspecified atom stereocenters. The van der Waals surface area contributed by atoms with Crippen LogP contribution in [0.5, 0.6) is 5.75 Å². The number of H-pyrrole nitrogens is 1. The quantitative estimate of drug-likeness (QED) is 0.421. The van der Waals surface area contributed by atoms with Crippen molar-refractivity contribution in [2.24, 2.45) is 16.5 Å². The number of aliphatic imine (C=N–C) groups is 1. The Morgan fingerprint density at radius 3 is 2.58 bits per heavy atom. The fourth-order valence-corrected chi connectivity index (χ4v) is 2.33. The predicted molar refractivity (Wildman–Crippen MR) is 90.9 cm³/mol. The van der Waals surface area contributed by atoms with Crippen molar-refractivity contribution in [2.75, 3.05) is 7.11 Å². The Hall–Kier alpha value is -3.03. The van der Waals surface area contributed by atoms with Gasteiger partial charge < -0.3 is 25.9 Å². The number of pyridine rings is 1. The molecule has 0 radical (unpaired) electrons. The van der Waals surface area contributed by atoms with E-state index < -0.39 is 18.1 Å². The highest BCUT2D eigenvalue weighted by atomic mass is 16.5. The second kappa shape index (κ2) is 7.03. The van der Waals surface area contributed by atoms with Crippen molar-refractivity contribution in [1.29, 1.82) is 0 Å². The van der Waals surface area contributed by atoms with Gasteiger partial charge >= 0.3 is 5.97 Å². The second-order valence-corrected chi connectivity index (χ2v) is 5.32. The summed E-state index contributed by atoms with van der Waals surface area (Å²) in [4.78, 5) is 30.5. The maximum Gasteiger partial charge on any atom is 0.313 e. The number of guanidine groups is 1.